The van der Waals surface area contributed by atoms with Crippen LogP contribution in [0.2, 0.25) is 0 Å². The van der Waals surface area contributed by atoms with Crippen molar-refractivity contribution in [2.45, 2.75) is 30.2 Å². The number of hydrogen-bond donors (Lipinski definition) is 1. The molecular formula is C13H18BrClN2O3S. The molecule has 3 rings (SSSR count). The minimum Gasteiger partial charge on any atom is -0.492 e. The molecule has 1 aromatic rings. The van der Waals surface area contributed by atoms with E-state index in [1.807, 2.05) is 6.07 Å². The Morgan fingerprint density at radius 3 is 2.62 bits per heavy atom. The molecule has 0 aliphatic carbocycles. The molecule has 118 valence electrons. The lowest BCUT2D eigenvalue weighted by Gasteiger charge is -2.29. The number of rotatable bonds is 2. The number of nitrogens with two attached hydrogens (primary N) is 1. The average Bonchev–Trinajstić information content (AvgIpc) is 2.86. The summed E-state index contributed by atoms with van der Waals surface area (Å²) < 4.78 is 33.4. The summed E-state index contributed by atoms with van der Waals surface area (Å²) in [4.78, 5) is 0.273. The van der Waals surface area contributed by atoms with Crippen LogP contribution in [0, 0.1) is 0 Å². The number of halogens is 2. The summed E-state index contributed by atoms with van der Waals surface area (Å²) >= 11 is 3.38. The molecule has 2 aliphatic heterocycles. The number of sulfonamides is 1. The fourth-order valence-electron chi connectivity index (χ4n) is 2.68. The van der Waals surface area contributed by atoms with E-state index >= 15 is 0 Å². The van der Waals surface area contributed by atoms with Crippen LogP contribution in [-0.2, 0) is 16.4 Å². The Bertz CT molecular complexity index is 631. The lowest BCUT2D eigenvalue weighted by atomic mass is 10.1. The van der Waals surface area contributed by atoms with Crippen molar-refractivity contribution in [1.29, 1.82) is 0 Å². The number of benzene rings is 1. The highest BCUT2D eigenvalue weighted by molar-refractivity contribution is 9.10. The Balaban J connectivity index is 0.00000161. The second-order valence-electron chi connectivity index (χ2n) is 5.23. The molecule has 21 heavy (non-hydrogen) atoms. The van der Waals surface area contributed by atoms with Crippen LogP contribution in [0.15, 0.2) is 21.5 Å². The number of fused-ring (bicyclic) bond motifs is 1. The van der Waals surface area contributed by atoms with Crippen molar-refractivity contribution >= 4 is 38.4 Å². The molecule has 2 heterocycles. The Morgan fingerprint density at radius 2 is 1.95 bits per heavy atom. The van der Waals surface area contributed by atoms with Gasteiger partial charge in [0.1, 0.15) is 10.6 Å². The highest BCUT2D eigenvalue weighted by Crippen LogP contribution is 2.37. The first kappa shape index (κ1) is 17.0. The average molecular weight is 398 g/mol. The van der Waals surface area contributed by atoms with Crippen LogP contribution in [-0.4, -0.2) is 38.5 Å². The van der Waals surface area contributed by atoms with Gasteiger partial charge in [-0.2, -0.15) is 4.31 Å². The van der Waals surface area contributed by atoms with Crippen LogP contribution in [0.1, 0.15) is 18.4 Å². The molecule has 1 fully saturated rings. The first-order chi connectivity index (χ1) is 9.48. The molecule has 0 saturated carbocycles. The fraction of sp³-hybridized carbons (Fsp3) is 0.538. The van der Waals surface area contributed by atoms with E-state index in [1.54, 1.807) is 6.07 Å². The largest absolute Gasteiger partial charge is 0.492 e. The maximum Gasteiger partial charge on any atom is 0.246 e. The van der Waals surface area contributed by atoms with Gasteiger partial charge in [-0.05, 0) is 25.0 Å². The molecule has 0 atom stereocenters. The topological polar surface area (TPSA) is 72.6 Å². The normalized spacial score (nSPS) is 19.7. The zero-order chi connectivity index (χ0) is 14.3. The number of nitrogens with zero attached hydrogens (tertiary/aromatic N) is 1. The zero-order valence-corrected chi connectivity index (χ0v) is 14.6. The van der Waals surface area contributed by atoms with E-state index in [2.05, 4.69) is 15.9 Å². The van der Waals surface area contributed by atoms with Gasteiger partial charge in [-0.25, -0.2) is 8.42 Å². The van der Waals surface area contributed by atoms with E-state index in [-0.39, 0.29) is 23.3 Å². The first-order valence-corrected chi connectivity index (χ1v) is 8.93. The van der Waals surface area contributed by atoms with Crippen molar-refractivity contribution in [3.05, 3.63) is 22.2 Å². The third kappa shape index (κ3) is 3.22. The molecule has 0 unspecified atom stereocenters. The van der Waals surface area contributed by atoms with Crippen LogP contribution < -0.4 is 10.5 Å². The van der Waals surface area contributed by atoms with E-state index in [0.29, 0.717) is 38.3 Å². The molecule has 1 aromatic carbocycles. The molecule has 0 bridgehead atoms. The quantitative estimate of drug-likeness (QED) is 0.827. The van der Waals surface area contributed by atoms with Gasteiger partial charge in [0.05, 0.1) is 6.61 Å². The van der Waals surface area contributed by atoms with Crippen molar-refractivity contribution in [2.75, 3.05) is 19.7 Å². The molecule has 0 amide bonds. The predicted molar refractivity (Wildman–Crippen MR) is 86.6 cm³/mol. The summed E-state index contributed by atoms with van der Waals surface area (Å²) in [6.45, 7) is 1.49. The summed E-state index contributed by atoms with van der Waals surface area (Å²) in [5.41, 5.74) is 6.79. The summed E-state index contributed by atoms with van der Waals surface area (Å²) in [5, 5.41) is 0. The van der Waals surface area contributed by atoms with Gasteiger partial charge in [0.25, 0.3) is 0 Å². The number of piperidine rings is 1. The molecule has 8 heteroatoms. The second-order valence-corrected chi connectivity index (χ2v) is 8.05. The highest BCUT2D eigenvalue weighted by Gasteiger charge is 2.33. The van der Waals surface area contributed by atoms with Crippen LogP contribution in [0.4, 0.5) is 0 Å². The minimum atomic E-state index is -3.51. The van der Waals surface area contributed by atoms with Gasteiger partial charge >= 0.3 is 0 Å². The van der Waals surface area contributed by atoms with E-state index in [4.69, 9.17) is 10.5 Å². The monoisotopic (exact) mass is 396 g/mol. The van der Waals surface area contributed by atoms with Gasteiger partial charge in [-0.15, -0.1) is 12.4 Å². The zero-order valence-electron chi connectivity index (χ0n) is 11.4. The highest BCUT2D eigenvalue weighted by atomic mass is 79.9. The van der Waals surface area contributed by atoms with Crippen molar-refractivity contribution in [3.63, 3.8) is 0 Å². The summed E-state index contributed by atoms with van der Waals surface area (Å²) in [6, 6.07) is 3.66. The van der Waals surface area contributed by atoms with E-state index in [0.717, 1.165) is 16.5 Å². The van der Waals surface area contributed by atoms with Crippen LogP contribution in [0.5, 0.6) is 5.75 Å². The van der Waals surface area contributed by atoms with Crippen LogP contribution >= 0.6 is 28.3 Å². The molecule has 0 aromatic heterocycles. The van der Waals surface area contributed by atoms with Crippen molar-refractivity contribution in [3.8, 4) is 5.75 Å². The lowest BCUT2D eigenvalue weighted by molar-refractivity contribution is 0.315. The van der Waals surface area contributed by atoms with Gasteiger partial charge in [-0.3, -0.25) is 0 Å². The molecule has 2 N–H and O–H groups in total. The molecule has 0 radical (unpaired) electrons. The fourth-order valence-corrected chi connectivity index (χ4v) is 5.01. The maximum absolute atomic E-state index is 12.8. The maximum atomic E-state index is 12.8. The van der Waals surface area contributed by atoms with Gasteiger partial charge in [0.2, 0.25) is 10.0 Å². The van der Waals surface area contributed by atoms with Crippen molar-refractivity contribution in [1.82, 2.24) is 4.31 Å². The van der Waals surface area contributed by atoms with Crippen molar-refractivity contribution < 1.29 is 13.2 Å². The van der Waals surface area contributed by atoms with Crippen LogP contribution in [0.3, 0.4) is 0 Å². The summed E-state index contributed by atoms with van der Waals surface area (Å²) in [7, 11) is -3.51. The Morgan fingerprint density at radius 1 is 1.29 bits per heavy atom. The molecule has 5 nitrogen and oxygen atoms in total. The minimum absolute atomic E-state index is 0. The molecule has 1 saturated heterocycles. The van der Waals surface area contributed by atoms with Gasteiger partial charge in [0, 0.05) is 35.6 Å². The number of hydrogen-bond acceptors (Lipinski definition) is 4. The third-order valence-electron chi connectivity index (χ3n) is 3.83. The van der Waals surface area contributed by atoms with Gasteiger partial charge in [0.15, 0.2) is 0 Å². The summed E-state index contributed by atoms with van der Waals surface area (Å²) in [5.74, 6) is 0.517. The van der Waals surface area contributed by atoms with E-state index < -0.39 is 10.0 Å². The summed E-state index contributed by atoms with van der Waals surface area (Å²) in [6.07, 6.45) is 2.16. The van der Waals surface area contributed by atoms with Crippen LogP contribution in [0.25, 0.3) is 0 Å². The van der Waals surface area contributed by atoms with Crippen molar-refractivity contribution in [2.24, 2.45) is 5.73 Å². The predicted octanol–water partition coefficient (Wildman–Crippen LogP) is 1.92. The second kappa shape index (κ2) is 6.42. The Hall–Kier alpha value is -0.340. The molecule has 0 spiro atoms. The first-order valence-electron chi connectivity index (χ1n) is 6.69. The molecular weight excluding hydrogens is 380 g/mol. The Labute approximate surface area is 139 Å². The molecule has 2 aliphatic rings. The SMILES string of the molecule is Cl.NC1CCN(S(=O)(=O)c2cc(Br)cc3c2OCC3)CC1. The smallest absolute Gasteiger partial charge is 0.246 e. The van der Waals surface area contributed by atoms with E-state index in [9.17, 15) is 8.42 Å². The standard InChI is InChI=1S/C13H17BrN2O3S.ClH/c14-10-7-9-3-6-19-13(9)12(8-10)20(17,18)16-4-1-11(15)2-5-16;/h7-8,11H,1-6,15H2;1H. The van der Waals surface area contributed by atoms with E-state index in [1.165, 1.54) is 4.31 Å². The number of ether oxygens (including phenoxy) is 1. The van der Waals surface area contributed by atoms with Gasteiger partial charge < -0.3 is 10.5 Å². The third-order valence-corrected chi connectivity index (χ3v) is 6.19. The lowest BCUT2D eigenvalue weighted by Crippen LogP contribution is -2.42. The Kier molecular flexibility index (Phi) is 5.20. The van der Waals surface area contributed by atoms with Gasteiger partial charge in [-0.1, -0.05) is 15.9 Å².